The predicted molar refractivity (Wildman–Crippen MR) is 67.1 cm³/mol. The Bertz CT molecular complexity index is 182. The highest BCUT2D eigenvalue weighted by Gasteiger charge is 2.26. The van der Waals surface area contributed by atoms with E-state index in [1.165, 1.54) is 39.3 Å². The Morgan fingerprint density at radius 3 is 1.80 bits per heavy atom. The molecule has 2 N–H and O–H groups in total. The van der Waals surface area contributed by atoms with Crippen molar-refractivity contribution in [2.75, 3.05) is 53.4 Å². The van der Waals surface area contributed by atoms with Gasteiger partial charge in [0.1, 0.15) is 0 Å². The Kier molecular flexibility index (Phi) is 4.16. The number of likely N-dealkylation sites (N-methyl/N-ethyl adjacent to an activating group) is 2. The number of piperazine rings is 2. The zero-order chi connectivity index (χ0) is 10.7. The summed E-state index contributed by atoms with van der Waals surface area (Å²) in [5.74, 6) is 0. The number of rotatable bonds is 2. The molecule has 2 rings (SSSR count). The summed E-state index contributed by atoms with van der Waals surface area (Å²) >= 11 is 0. The van der Waals surface area contributed by atoms with Crippen molar-refractivity contribution in [2.45, 2.75) is 11.3 Å². The SMILES string of the molecule is CN1CCNCC1[SiH2]C1CNCCN1C. The van der Waals surface area contributed by atoms with Crippen LogP contribution in [0.15, 0.2) is 0 Å². The van der Waals surface area contributed by atoms with Crippen molar-refractivity contribution in [3.63, 3.8) is 0 Å². The fourth-order valence-corrected chi connectivity index (χ4v) is 5.02. The Balaban J connectivity index is 1.83. The molecule has 2 fully saturated rings. The molecule has 88 valence electrons. The molecule has 2 unspecified atom stereocenters. The first kappa shape index (κ1) is 11.5. The third-order valence-corrected chi connectivity index (χ3v) is 6.75. The molecule has 4 nitrogen and oxygen atoms in total. The Morgan fingerprint density at radius 1 is 0.933 bits per heavy atom. The lowest BCUT2D eigenvalue weighted by Crippen LogP contribution is -2.60. The van der Waals surface area contributed by atoms with Crippen LogP contribution in [0.1, 0.15) is 0 Å². The van der Waals surface area contributed by atoms with Crippen molar-refractivity contribution < 1.29 is 0 Å². The standard InChI is InChI=1S/C10H24N4Si/c1-13-5-3-11-7-9(13)15-10-8-12-4-6-14(10)2/h9-12H,3-8,15H2,1-2H3. The summed E-state index contributed by atoms with van der Waals surface area (Å²) in [6.07, 6.45) is 0. The van der Waals surface area contributed by atoms with E-state index in [1.54, 1.807) is 0 Å². The Labute approximate surface area is 95.2 Å². The molecule has 0 amide bonds. The minimum atomic E-state index is -0.0483. The minimum absolute atomic E-state index is 0.0483. The van der Waals surface area contributed by atoms with Gasteiger partial charge in [-0.25, -0.2) is 0 Å². The zero-order valence-corrected chi connectivity index (χ0v) is 11.4. The average molecular weight is 228 g/mol. The van der Waals surface area contributed by atoms with Gasteiger partial charge >= 0.3 is 0 Å². The summed E-state index contributed by atoms with van der Waals surface area (Å²) in [7, 11) is 4.52. The van der Waals surface area contributed by atoms with Gasteiger partial charge in [0, 0.05) is 50.6 Å². The van der Waals surface area contributed by atoms with E-state index >= 15 is 0 Å². The minimum Gasteiger partial charge on any atom is -0.314 e. The Hall–Kier alpha value is 0.0569. The van der Waals surface area contributed by atoms with Crippen LogP contribution in [0.2, 0.25) is 0 Å². The van der Waals surface area contributed by atoms with Gasteiger partial charge in [0.25, 0.3) is 0 Å². The van der Waals surface area contributed by atoms with Crippen LogP contribution in [-0.4, -0.2) is 84.0 Å². The molecule has 2 aliphatic heterocycles. The largest absolute Gasteiger partial charge is 0.314 e. The summed E-state index contributed by atoms with van der Waals surface area (Å²) in [4.78, 5) is 5.12. The van der Waals surface area contributed by atoms with Gasteiger partial charge in [-0.3, -0.25) is 0 Å². The lowest BCUT2D eigenvalue weighted by molar-refractivity contribution is 0.229. The van der Waals surface area contributed by atoms with Gasteiger partial charge in [0.05, 0.1) is 9.52 Å². The van der Waals surface area contributed by atoms with Gasteiger partial charge in [-0.05, 0) is 14.1 Å². The van der Waals surface area contributed by atoms with E-state index in [-0.39, 0.29) is 9.52 Å². The second-order valence-electron chi connectivity index (χ2n) is 4.91. The molecule has 2 aliphatic rings. The first-order chi connectivity index (χ1) is 7.27. The molecule has 0 bridgehead atoms. The fourth-order valence-electron chi connectivity index (χ4n) is 2.57. The van der Waals surface area contributed by atoms with Gasteiger partial charge in [-0.1, -0.05) is 0 Å². The third kappa shape index (κ3) is 3.01. The normalized spacial score (nSPS) is 36.4. The van der Waals surface area contributed by atoms with E-state index in [0.717, 1.165) is 11.3 Å². The third-order valence-electron chi connectivity index (χ3n) is 3.83. The van der Waals surface area contributed by atoms with E-state index in [0.29, 0.717) is 0 Å². The van der Waals surface area contributed by atoms with Gasteiger partial charge in [-0.15, -0.1) is 0 Å². The van der Waals surface area contributed by atoms with Crippen LogP contribution in [0, 0.1) is 0 Å². The molecule has 0 radical (unpaired) electrons. The van der Waals surface area contributed by atoms with Crippen LogP contribution in [0.25, 0.3) is 0 Å². The maximum atomic E-state index is 3.52. The van der Waals surface area contributed by atoms with Crippen molar-refractivity contribution >= 4 is 9.52 Å². The molecular weight excluding hydrogens is 204 g/mol. The summed E-state index contributed by atoms with van der Waals surface area (Å²) < 4.78 is 0. The van der Waals surface area contributed by atoms with Crippen molar-refractivity contribution in [3.05, 3.63) is 0 Å². The van der Waals surface area contributed by atoms with Gasteiger partial charge in [-0.2, -0.15) is 0 Å². The summed E-state index contributed by atoms with van der Waals surface area (Å²) in [6.45, 7) is 7.21. The second kappa shape index (κ2) is 5.40. The monoisotopic (exact) mass is 228 g/mol. The second-order valence-corrected chi connectivity index (χ2v) is 7.27. The fraction of sp³-hybridized carbons (Fsp3) is 1.00. The smallest absolute Gasteiger partial charge is 0.0642 e. The molecule has 0 spiro atoms. The highest BCUT2D eigenvalue weighted by Crippen LogP contribution is 2.05. The van der Waals surface area contributed by atoms with Gasteiger partial charge < -0.3 is 20.4 Å². The molecule has 0 saturated carbocycles. The Morgan fingerprint density at radius 2 is 1.40 bits per heavy atom. The number of nitrogens with one attached hydrogen (secondary N) is 2. The van der Waals surface area contributed by atoms with E-state index in [2.05, 4.69) is 34.5 Å². The molecule has 2 heterocycles. The van der Waals surface area contributed by atoms with Crippen LogP contribution in [0.4, 0.5) is 0 Å². The molecule has 15 heavy (non-hydrogen) atoms. The summed E-state index contributed by atoms with van der Waals surface area (Å²) in [5.41, 5.74) is 1.71. The molecule has 5 heteroatoms. The van der Waals surface area contributed by atoms with Crippen LogP contribution in [0.5, 0.6) is 0 Å². The lowest BCUT2D eigenvalue weighted by Gasteiger charge is -2.39. The van der Waals surface area contributed by atoms with Crippen LogP contribution < -0.4 is 10.6 Å². The average Bonchev–Trinajstić information content (AvgIpc) is 2.24. The molecule has 0 aromatic heterocycles. The zero-order valence-electron chi connectivity index (χ0n) is 10.00. The van der Waals surface area contributed by atoms with Crippen LogP contribution >= 0.6 is 0 Å². The quantitative estimate of drug-likeness (QED) is 0.529. The molecule has 0 aromatic carbocycles. The molecule has 0 aromatic rings. The van der Waals surface area contributed by atoms with Crippen molar-refractivity contribution in [1.29, 1.82) is 0 Å². The maximum Gasteiger partial charge on any atom is 0.0642 e. The maximum absolute atomic E-state index is 3.52. The number of hydrogen-bond acceptors (Lipinski definition) is 4. The van der Waals surface area contributed by atoms with Crippen molar-refractivity contribution in [1.82, 2.24) is 20.4 Å². The van der Waals surface area contributed by atoms with E-state index in [4.69, 9.17) is 0 Å². The highest BCUT2D eigenvalue weighted by atomic mass is 28.2. The first-order valence-corrected chi connectivity index (χ1v) is 7.72. The van der Waals surface area contributed by atoms with Crippen LogP contribution in [0.3, 0.4) is 0 Å². The predicted octanol–water partition coefficient (Wildman–Crippen LogP) is -2.12. The number of nitrogens with zero attached hydrogens (tertiary/aromatic N) is 2. The lowest BCUT2D eigenvalue weighted by atomic mass is 10.4. The van der Waals surface area contributed by atoms with Crippen molar-refractivity contribution in [2.24, 2.45) is 0 Å². The summed E-state index contributed by atoms with van der Waals surface area (Å²) in [6, 6.07) is 0. The van der Waals surface area contributed by atoms with Crippen molar-refractivity contribution in [3.8, 4) is 0 Å². The molecule has 0 aliphatic carbocycles. The topological polar surface area (TPSA) is 30.5 Å². The first-order valence-electron chi connectivity index (χ1n) is 6.09. The molecule has 2 saturated heterocycles. The number of hydrogen-bond donors (Lipinski definition) is 2. The molecule has 2 atom stereocenters. The highest BCUT2D eigenvalue weighted by molar-refractivity contribution is 6.40. The van der Waals surface area contributed by atoms with E-state index in [1.807, 2.05) is 0 Å². The van der Waals surface area contributed by atoms with E-state index in [9.17, 15) is 0 Å². The van der Waals surface area contributed by atoms with Gasteiger partial charge in [0.15, 0.2) is 0 Å². The van der Waals surface area contributed by atoms with Crippen LogP contribution in [-0.2, 0) is 0 Å². The van der Waals surface area contributed by atoms with Gasteiger partial charge in [0.2, 0.25) is 0 Å². The molecular formula is C10H24N4Si. The van der Waals surface area contributed by atoms with E-state index < -0.39 is 0 Å². The summed E-state index contributed by atoms with van der Waals surface area (Å²) in [5, 5.41) is 7.05.